The predicted octanol–water partition coefficient (Wildman–Crippen LogP) is 2.08. The molecule has 3 N–H and O–H groups in total. The maximum absolute atomic E-state index is 12.6. The van der Waals surface area contributed by atoms with E-state index in [0.717, 1.165) is 5.56 Å². The second-order valence-corrected chi connectivity index (χ2v) is 6.51. The number of nitrogens with two attached hydrogens (primary N) is 1. The number of nitrogens with one attached hydrogen (secondary N) is 1. The van der Waals surface area contributed by atoms with Gasteiger partial charge in [-0.1, -0.05) is 42.5 Å². The van der Waals surface area contributed by atoms with Gasteiger partial charge in [0.05, 0.1) is 17.2 Å². The van der Waals surface area contributed by atoms with Crippen molar-refractivity contribution in [1.82, 2.24) is 4.90 Å². The Bertz CT molecular complexity index is 849. The maximum atomic E-state index is 12.6. The Balaban J connectivity index is 1.69. The lowest BCUT2D eigenvalue weighted by molar-refractivity contribution is -0.128. The van der Waals surface area contributed by atoms with Gasteiger partial charge in [0.1, 0.15) is 0 Å². The van der Waals surface area contributed by atoms with Gasteiger partial charge >= 0.3 is 0 Å². The molecule has 1 aliphatic heterocycles. The first-order valence-electron chi connectivity index (χ1n) is 8.47. The second-order valence-electron chi connectivity index (χ2n) is 6.51. The summed E-state index contributed by atoms with van der Waals surface area (Å²) in [6.45, 7) is 2.61. The molecule has 0 bridgehead atoms. The number of likely N-dealkylation sites (tertiary alicyclic amines) is 1. The molecule has 0 aliphatic carbocycles. The fourth-order valence-corrected chi connectivity index (χ4v) is 3.24. The van der Waals surface area contributed by atoms with Crippen molar-refractivity contribution in [3.8, 4) is 0 Å². The van der Waals surface area contributed by atoms with Crippen molar-refractivity contribution in [2.45, 2.75) is 19.9 Å². The summed E-state index contributed by atoms with van der Waals surface area (Å²) in [5.74, 6) is -1.37. The fourth-order valence-electron chi connectivity index (χ4n) is 3.24. The highest BCUT2D eigenvalue weighted by Crippen LogP contribution is 2.24. The molecule has 0 saturated carbocycles. The molecule has 2 aromatic rings. The largest absolute Gasteiger partial charge is 0.366 e. The molecule has 134 valence electrons. The van der Waals surface area contributed by atoms with E-state index in [9.17, 15) is 14.4 Å². The lowest BCUT2D eigenvalue weighted by atomic mass is 10.0. The van der Waals surface area contributed by atoms with Crippen LogP contribution in [-0.2, 0) is 16.1 Å². The van der Waals surface area contributed by atoms with Crippen molar-refractivity contribution in [2.75, 3.05) is 11.9 Å². The molecule has 3 amide bonds. The normalized spacial score (nSPS) is 16.6. The number of aryl methyl sites for hydroxylation is 1. The molecule has 6 heteroatoms. The molecule has 1 aliphatic rings. The third-order valence-corrected chi connectivity index (χ3v) is 4.58. The molecule has 0 radical (unpaired) electrons. The van der Waals surface area contributed by atoms with Gasteiger partial charge in [0.2, 0.25) is 11.8 Å². The van der Waals surface area contributed by atoms with Crippen molar-refractivity contribution in [3.05, 3.63) is 65.2 Å². The third-order valence-electron chi connectivity index (χ3n) is 4.58. The fraction of sp³-hybridized carbons (Fsp3) is 0.250. The molecule has 1 fully saturated rings. The molecule has 1 heterocycles. The van der Waals surface area contributed by atoms with E-state index in [2.05, 4.69) is 5.32 Å². The monoisotopic (exact) mass is 351 g/mol. The zero-order chi connectivity index (χ0) is 18.7. The molecular formula is C20H21N3O3. The lowest BCUT2D eigenvalue weighted by Gasteiger charge is -2.17. The van der Waals surface area contributed by atoms with Crippen molar-refractivity contribution in [3.63, 3.8) is 0 Å². The van der Waals surface area contributed by atoms with Crippen molar-refractivity contribution >= 4 is 23.4 Å². The van der Waals surface area contributed by atoms with Crippen LogP contribution in [-0.4, -0.2) is 29.2 Å². The lowest BCUT2D eigenvalue weighted by Crippen LogP contribution is -2.28. The van der Waals surface area contributed by atoms with Gasteiger partial charge < -0.3 is 16.0 Å². The summed E-state index contributed by atoms with van der Waals surface area (Å²) in [7, 11) is 0. The number of anilines is 1. The van der Waals surface area contributed by atoms with Gasteiger partial charge in [-0.15, -0.1) is 0 Å². The van der Waals surface area contributed by atoms with Crippen LogP contribution in [0.25, 0.3) is 0 Å². The van der Waals surface area contributed by atoms with E-state index in [4.69, 9.17) is 5.73 Å². The van der Waals surface area contributed by atoms with E-state index < -0.39 is 11.8 Å². The summed E-state index contributed by atoms with van der Waals surface area (Å²) >= 11 is 0. The highest BCUT2D eigenvalue weighted by molar-refractivity contribution is 6.05. The molecule has 3 rings (SSSR count). The minimum absolute atomic E-state index is 0.0478. The van der Waals surface area contributed by atoms with Crippen LogP contribution >= 0.6 is 0 Å². The van der Waals surface area contributed by atoms with Gasteiger partial charge in [0.25, 0.3) is 5.91 Å². The van der Waals surface area contributed by atoms with Crippen LogP contribution in [0.3, 0.4) is 0 Å². The van der Waals surface area contributed by atoms with Crippen LogP contribution in [0.4, 0.5) is 5.69 Å². The molecule has 1 atom stereocenters. The van der Waals surface area contributed by atoms with Crippen molar-refractivity contribution in [2.24, 2.45) is 11.7 Å². The highest BCUT2D eigenvalue weighted by Gasteiger charge is 2.34. The molecule has 1 unspecified atom stereocenters. The zero-order valence-electron chi connectivity index (χ0n) is 14.6. The van der Waals surface area contributed by atoms with Crippen LogP contribution in [0.1, 0.15) is 27.9 Å². The molecule has 6 nitrogen and oxygen atoms in total. The van der Waals surface area contributed by atoms with E-state index in [0.29, 0.717) is 29.9 Å². The summed E-state index contributed by atoms with van der Waals surface area (Å²) < 4.78 is 0. The quantitative estimate of drug-likeness (QED) is 0.864. The van der Waals surface area contributed by atoms with Gasteiger partial charge in [-0.3, -0.25) is 14.4 Å². The van der Waals surface area contributed by atoms with E-state index in [1.54, 1.807) is 30.0 Å². The standard InChI is InChI=1S/C20H21N3O3/c1-13-6-5-9-16(18(13)19(21)25)22-20(26)15-10-17(24)23(12-15)11-14-7-3-2-4-8-14/h2-9,15H,10-12H2,1H3,(H2,21,25)(H,22,26). The average Bonchev–Trinajstić information content (AvgIpc) is 2.96. The first kappa shape index (κ1) is 17.7. The van der Waals surface area contributed by atoms with Crippen LogP contribution in [0.5, 0.6) is 0 Å². The Kier molecular flexibility index (Phi) is 5.02. The predicted molar refractivity (Wildman–Crippen MR) is 98.3 cm³/mol. The number of hydrogen-bond donors (Lipinski definition) is 2. The summed E-state index contributed by atoms with van der Waals surface area (Å²) in [5.41, 5.74) is 7.83. The van der Waals surface area contributed by atoms with Gasteiger partial charge in [-0.05, 0) is 24.1 Å². The SMILES string of the molecule is Cc1cccc(NC(=O)C2CC(=O)N(Cc3ccccc3)C2)c1C(N)=O. The number of benzene rings is 2. The number of rotatable bonds is 5. The molecule has 26 heavy (non-hydrogen) atoms. The van der Waals surface area contributed by atoms with Gasteiger partial charge in [-0.2, -0.15) is 0 Å². The smallest absolute Gasteiger partial charge is 0.251 e. The molecule has 2 aromatic carbocycles. The number of nitrogens with zero attached hydrogens (tertiary/aromatic N) is 1. The Labute approximate surface area is 152 Å². The number of carbonyl (C=O) groups excluding carboxylic acids is 3. The molecule has 0 spiro atoms. The second kappa shape index (κ2) is 7.39. The molecular weight excluding hydrogens is 330 g/mol. The first-order valence-corrected chi connectivity index (χ1v) is 8.47. The Hall–Kier alpha value is -3.15. The number of hydrogen-bond acceptors (Lipinski definition) is 3. The van der Waals surface area contributed by atoms with Crippen LogP contribution in [0.15, 0.2) is 48.5 Å². The molecule has 1 saturated heterocycles. The number of primary amides is 1. The minimum atomic E-state index is -0.591. The van der Waals surface area contributed by atoms with Gasteiger partial charge in [0.15, 0.2) is 0 Å². The van der Waals surface area contributed by atoms with Crippen molar-refractivity contribution in [1.29, 1.82) is 0 Å². The zero-order valence-corrected chi connectivity index (χ0v) is 14.6. The molecule has 0 aromatic heterocycles. The minimum Gasteiger partial charge on any atom is -0.366 e. The van der Waals surface area contributed by atoms with Gasteiger partial charge in [0, 0.05) is 19.5 Å². The Morgan fingerprint density at radius 3 is 2.58 bits per heavy atom. The van der Waals surface area contributed by atoms with E-state index >= 15 is 0 Å². The summed E-state index contributed by atoms with van der Waals surface area (Å²) in [6, 6.07) is 14.8. The maximum Gasteiger partial charge on any atom is 0.251 e. The van der Waals surface area contributed by atoms with Crippen LogP contribution in [0, 0.1) is 12.8 Å². The third kappa shape index (κ3) is 3.74. The number of amides is 3. The van der Waals surface area contributed by atoms with E-state index in [-0.39, 0.29) is 18.2 Å². The van der Waals surface area contributed by atoms with Gasteiger partial charge in [-0.25, -0.2) is 0 Å². The number of carbonyl (C=O) groups is 3. The van der Waals surface area contributed by atoms with Crippen LogP contribution in [0.2, 0.25) is 0 Å². The topological polar surface area (TPSA) is 92.5 Å². The highest BCUT2D eigenvalue weighted by atomic mass is 16.2. The van der Waals surface area contributed by atoms with Crippen LogP contribution < -0.4 is 11.1 Å². The van der Waals surface area contributed by atoms with Crippen molar-refractivity contribution < 1.29 is 14.4 Å². The Morgan fingerprint density at radius 1 is 1.15 bits per heavy atom. The van der Waals surface area contributed by atoms with E-state index in [1.165, 1.54) is 0 Å². The van der Waals surface area contributed by atoms with E-state index in [1.807, 2.05) is 30.3 Å². The Morgan fingerprint density at radius 2 is 1.88 bits per heavy atom. The average molecular weight is 351 g/mol. The first-order chi connectivity index (χ1) is 12.5. The summed E-state index contributed by atoms with van der Waals surface area (Å²) in [4.78, 5) is 38.2. The summed E-state index contributed by atoms with van der Waals surface area (Å²) in [6.07, 6.45) is 0.163. The summed E-state index contributed by atoms with van der Waals surface area (Å²) in [5, 5.41) is 2.76.